The van der Waals surface area contributed by atoms with Gasteiger partial charge in [-0.2, -0.15) is 0 Å². The van der Waals surface area contributed by atoms with E-state index in [0.717, 1.165) is 37.8 Å². The van der Waals surface area contributed by atoms with Crippen LogP contribution < -0.4 is 10.6 Å². The number of likely N-dealkylation sites (tertiary alicyclic amines) is 1. The Kier molecular flexibility index (Phi) is 5.25. The van der Waals surface area contributed by atoms with E-state index in [1.807, 2.05) is 35.2 Å². The first-order chi connectivity index (χ1) is 12.7. The second kappa shape index (κ2) is 7.78. The summed E-state index contributed by atoms with van der Waals surface area (Å²) in [4.78, 5) is 27.2. The van der Waals surface area contributed by atoms with Crippen molar-refractivity contribution in [3.05, 3.63) is 35.9 Å². The molecule has 2 bridgehead atoms. The lowest BCUT2D eigenvalue weighted by Crippen LogP contribution is -2.52. The Labute approximate surface area is 155 Å². The van der Waals surface area contributed by atoms with Crippen molar-refractivity contribution < 1.29 is 9.59 Å². The largest absolute Gasteiger partial charge is 0.353 e. The smallest absolute Gasteiger partial charge is 0.227 e. The third-order valence-electron chi connectivity index (χ3n) is 6.16. The van der Waals surface area contributed by atoms with Crippen molar-refractivity contribution in [2.45, 2.75) is 63.1 Å². The fraction of sp³-hybridized carbons (Fsp3) is 0.619. The molecule has 3 aliphatic heterocycles. The molecule has 3 heterocycles. The molecular formula is C21H29N3O2. The third-order valence-corrected chi connectivity index (χ3v) is 6.16. The Balaban J connectivity index is 1.30. The number of nitrogens with one attached hydrogen (secondary N) is 2. The highest BCUT2D eigenvalue weighted by atomic mass is 16.2. The van der Waals surface area contributed by atoms with Gasteiger partial charge in [0.25, 0.3) is 0 Å². The van der Waals surface area contributed by atoms with E-state index in [-0.39, 0.29) is 17.7 Å². The first-order valence-corrected chi connectivity index (χ1v) is 10.1. The van der Waals surface area contributed by atoms with Crippen molar-refractivity contribution in [2.24, 2.45) is 5.92 Å². The lowest BCUT2D eigenvalue weighted by Gasteiger charge is -2.35. The fourth-order valence-corrected chi connectivity index (χ4v) is 4.79. The summed E-state index contributed by atoms with van der Waals surface area (Å²) in [5, 5.41) is 6.90. The van der Waals surface area contributed by atoms with Gasteiger partial charge in [-0.1, -0.05) is 30.3 Å². The van der Waals surface area contributed by atoms with E-state index in [1.54, 1.807) is 0 Å². The molecule has 3 aliphatic rings. The Morgan fingerprint density at radius 2 is 1.81 bits per heavy atom. The molecular weight excluding hydrogens is 326 g/mol. The topological polar surface area (TPSA) is 61.4 Å². The summed E-state index contributed by atoms with van der Waals surface area (Å²) in [6, 6.07) is 11.3. The Hall–Kier alpha value is -1.88. The van der Waals surface area contributed by atoms with Gasteiger partial charge in [0.15, 0.2) is 0 Å². The molecule has 5 nitrogen and oxygen atoms in total. The van der Waals surface area contributed by atoms with Gasteiger partial charge in [-0.3, -0.25) is 9.59 Å². The second-order valence-corrected chi connectivity index (χ2v) is 8.16. The van der Waals surface area contributed by atoms with Gasteiger partial charge in [0, 0.05) is 31.2 Å². The minimum Gasteiger partial charge on any atom is -0.353 e. The minimum atomic E-state index is -0.0592. The zero-order valence-electron chi connectivity index (χ0n) is 15.3. The van der Waals surface area contributed by atoms with E-state index < -0.39 is 0 Å². The third kappa shape index (κ3) is 4.09. The lowest BCUT2D eigenvalue weighted by atomic mass is 9.94. The standard InChI is InChI=1S/C21H29N3O2/c25-20(11-15-5-2-1-3-6-15)24-10-4-7-16(14-24)21(26)23-19-12-17-8-9-18(13-19)22-17/h1-3,5-6,16-19,22H,4,7-14H2,(H,23,26). The first-order valence-electron chi connectivity index (χ1n) is 10.1. The first kappa shape index (κ1) is 17.5. The maximum absolute atomic E-state index is 12.8. The van der Waals surface area contributed by atoms with Crippen LogP contribution in [0, 0.1) is 5.92 Å². The second-order valence-electron chi connectivity index (χ2n) is 8.16. The molecule has 0 spiro atoms. The zero-order chi connectivity index (χ0) is 17.9. The molecule has 4 rings (SSSR count). The van der Waals surface area contributed by atoms with Gasteiger partial charge in [0.2, 0.25) is 11.8 Å². The monoisotopic (exact) mass is 355 g/mol. The molecule has 0 radical (unpaired) electrons. The number of piperidine rings is 2. The number of rotatable bonds is 4. The molecule has 3 atom stereocenters. The quantitative estimate of drug-likeness (QED) is 0.867. The van der Waals surface area contributed by atoms with Crippen LogP contribution in [0.1, 0.15) is 44.1 Å². The molecule has 0 aliphatic carbocycles. The van der Waals surface area contributed by atoms with Crippen molar-refractivity contribution in [1.82, 2.24) is 15.5 Å². The number of carbonyl (C=O) groups excluding carboxylic acids is 2. The van der Waals surface area contributed by atoms with Gasteiger partial charge >= 0.3 is 0 Å². The van der Waals surface area contributed by atoms with Crippen LogP contribution in [-0.4, -0.2) is 47.9 Å². The van der Waals surface area contributed by atoms with E-state index in [2.05, 4.69) is 10.6 Å². The average molecular weight is 355 g/mol. The molecule has 5 heteroatoms. The summed E-state index contributed by atoms with van der Waals surface area (Å²) in [7, 11) is 0. The van der Waals surface area contributed by atoms with E-state index in [1.165, 1.54) is 12.8 Å². The summed E-state index contributed by atoms with van der Waals surface area (Å²) in [5.41, 5.74) is 1.04. The molecule has 2 amide bonds. The predicted molar refractivity (Wildman–Crippen MR) is 101 cm³/mol. The van der Waals surface area contributed by atoms with Crippen LogP contribution in [0.2, 0.25) is 0 Å². The maximum Gasteiger partial charge on any atom is 0.227 e. The summed E-state index contributed by atoms with van der Waals surface area (Å²) in [5.74, 6) is 0.220. The van der Waals surface area contributed by atoms with E-state index >= 15 is 0 Å². The number of nitrogens with zero attached hydrogens (tertiary/aromatic N) is 1. The highest BCUT2D eigenvalue weighted by Gasteiger charge is 2.35. The van der Waals surface area contributed by atoms with Crippen molar-refractivity contribution >= 4 is 11.8 Å². The molecule has 1 aromatic carbocycles. The summed E-state index contributed by atoms with van der Waals surface area (Å²) < 4.78 is 0. The molecule has 140 valence electrons. The molecule has 2 N–H and O–H groups in total. The SMILES string of the molecule is O=C(NC1CC2CCC(C1)N2)C1CCCN(C(=O)Cc2ccccc2)C1. The van der Waals surface area contributed by atoms with Crippen LogP contribution in [0.15, 0.2) is 30.3 Å². The highest BCUT2D eigenvalue weighted by molar-refractivity contribution is 5.82. The molecule has 1 aromatic rings. The number of benzene rings is 1. The van der Waals surface area contributed by atoms with Crippen LogP contribution in [-0.2, 0) is 16.0 Å². The predicted octanol–water partition coefficient (Wildman–Crippen LogP) is 1.87. The molecule has 3 saturated heterocycles. The molecule has 0 saturated carbocycles. The van der Waals surface area contributed by atoms with Crippen LogP contribution in [0.4, 0.5) is 0 Å². The van der Waals surface area contributed by atoms with Crippen LogP contribution >= 0.6 is 0 Å². The zero-order valence-corrected chi connectivity index (χ0v) is 15.3. The Morgan fingerprint density at radius 1 is 1.08 bits per heavy atom. The van der Waals surface area contributed by atoms with Gasteiger partial charge in [-0.05, 0) is 44.1 Å². The van der Waals surface area contributed by atoms with Crippen molar-refractivity contribution in [1.29, 1.82) is 0 Å². The van der Waals surface area contributed by atoms with Crippen molar-refractivity contribution in [3.8, 4) is 0 Å². The van der Waals surface area contributed by atoms with E-state index in [4.69, 9.17) is 0 Å². The number of amides is 2. The number of hydrogen-bond acceptors (Lipinski definition) is 3. The molecule has 0 aromatic heterocycles. The average Bonchev–Trinajstić information content (AvgIpc) is 3.01. The number of carbonyl (C=O) groups is 2. The van der Waals surface area contributed by atoms with Crippen molar-refractivity contribution in [2.75, 3.05) is 13.1 Å². The van der Waals surface area contributed by atoms with Gasteiger partial charge in [0.05, 0.1) is 12.3 Å². The normalized spacial score (nSPS) is 30.8. The van der Waals surface area contributed by atoms with Crippen molar-refractivity contribution in [3.63, 3.8) is 0 Å². The fourth-order valence-electron chi connectivity index (χ4n) is 4.79. The van der Waals surface area contributed by atoms with Crippen LogP contribution in [0.5, 0.6) is 0 Å². The summed E-state index contributed by atoms with van der Waals surface area (Å²) in [6.45, 7) is 1.34. The van der Waals surface area contributed by atoms with E-state index in [9.17, 15) is 9.59 Å². The summed E-state index contributed by atoms with van der Waals surface area (Å²) in [6.07, 6.45) is 6.80. The van der Waals surface area contributed by atoms with Crippen LogP contribution in [0.3, 0.4) is 0 Å². The van der Waals surface area contributed by atoms with Gasteiger partial charge in [0.1, 0.15) is 0 Å². The molecule has 26 heavy (non-hydrogen) atoms. The number of fused-ring (bicyclic) bond motifs is 2. The van der Waals surface area contributed by atoms with Gasteiger partial charge in [-0.25, -0.2) is 0 Å². The summed E-state index contributed by atoms with van der Waals surface area (Å²) >= 11 is 0. The van der Waals surface area contributed by atoms with E-state index in [0.29, 0.717) is 31.1 Å². The Morgan fingerprint density at radius 3 is 2.54 bits per heavy atom. The maximum atomic E-state index is 12.8. The highest BCUT2D eigenvalue weighted by Crippen LogP contribution is 2.27. The Bertz CT molecular complexity index is 636. The number of hydrogen-bond donors (Lipinski definition) is 2. The minimum absolute atomic E-state index is 0.0592. The van der Waals surface area contributed by atoms with Gasteiger partial charge in [-0.15, -0.1) is 0 Å². The molecule has 3 fully saturated rings. The molecule has 3 unspecified atom stereocenters. The van der Waals surface area contributed by atoms with Crippen LogP contribution in [0.25, 0.3) is 0 Å². The van der Waals surface area contributed by atoms with Gasteiger partial charge < -0.3 is 15.5 Å². The lowest BCUT2D eigenvalue weighted by molar-refractivity contribution is -0.135.